The van der Waals surface area contributed by atoms with Gasteiger partial charge in [0.25, 0.3) is 6.23 Å². The molecule has 1 amide bonds. The molecule has 0 N–H and O–H groups in total. The van der Waals surface area contributed by atoms with Crippen LogP contribution < -0.4 is 4.74 Å². The number of carbonyl (C=O) groups is 3. The Morgan fingerprint density at radius 3 is 2.44 bits per heavy atom. The number of alkyl halides is 3. The molecule has 2 unspecified atom stereocenters. The lowest BCUT2D eigenvalue weighted by atomic mass is 9.89. The molecule has 2 aromatic carbocycles. The fourth-order valence-corrected chi connectivity index (χ4v) is 4.97. The molecule has 3 heterocycles. The highest BCUT2D eigenvalue weighted by Gasteiger charge is 2.59. The van der Waals surface area contributed by atoms with E-state index in [1.54, 1.807) is 0 Å². The minimum Gasteiger partial charge on any atom is -0.483 e. The normalized spacial score (nSPS) is 22.2. The number of carbonyl (C=O) groups excluding carboxylic acids is 3. The zero-order valence-corrected chi connectivity index (χ0v) is 21.2. The zero-order chi connectivity index (χ0) is 29.4. The molecule has 41 heavy (non-hydrogen) atoms. The number of esters is 1. The summed E-state index contributed by atoms with van der Waals surface area (Å²) in [5.74, 6) is -3.96. The first kappa shape index (κ1) is 28.3. The zero-order valence-electron chi connectivity index (χ0n) is 21.2. The number of nitrogens with zero attached hydrogens (tertiary/aromatic N) is 2. The highest BCUT2D eigenvalue weighted by atomic mass is 19.4. The van der Waals surface area contributed by atoms with Gasteiger partial charge in [-0.15, -0.1) is 0 Å². The van der Waals surface area contributed by atoms with Crippen LogP contribution in [0.3, 0.4) is 0 Å². The van der Waals surface area contributed by atoms with Crippen molar-refractivity contribution in [2.75, 3.05) is 19.6 Å². The molecule has 1 spiro atoms. The van der Waals surface area contributed by atoms with Crippen molar-refractivity contribution < 1.29 is 55.4 Å². The Bertz CT molecular complexity index is 1370. The smallest absolute Gasteiger partial charge is 0.447 e. The van der Waals surface area contributed by atoms with E-state index in [1.807, 2.05) is 4.90 Å². The number of amides is 1. The van der Waals surface area contributed by atoms with Crippen molar-refractivity contribution >= 4 is 18.0 Å². The SMILES string of the molecule is O=C1/C=C/C(=O)ON2C(=O)OC3(CCN(CCC(Oc4ccc(F)cc4F)c4cccc(C(F)(F)F)c4)CC3)C2O1. The van der Waals surface area contributed by atoms with Gasteiger partial charge < -0.3 is 23.9 Å². The molecule has 2 atom stereocenters. The molecule has 0 radical (unpaired) electrons. The van der Waals surface area contributed by atoms with Crippen LogP contribution >= 0.6 is 0 Å². The van der Waals surface area contributed by atoms with E-state index in [4.69, 9.17) is 19.0 Å². The van der Waals surface area contributed by atoms with Crippen LogP contribution in [0.2, 0.25) is 0 Å². The Morgan fingerprint density at radius 2 is 1.73 bits per heavy atom. The van der Waals surface area contributed by atoms with Crippen LogP contribution in [0, 0.1) is 11.6 Å². The molecule has 2 aromatic rings. The summed E-state index contributed by atoms with van der Waals surface area (Å²) in [6.45, 7) is 0.887. The molecule has 0 bridgehead atoms. The van der Waals surface area contributed by atoms with Gasteiger partial charge in [-0.05, 0) is 29.8 Å². The van der Waals surface area contributed by atoms with Gasteiger partial charge in [-0.2, -0.15) is 13.2 Å². The molecule has 9 nitrogen and oxygen atoms in total. The van der Waals surface area contributed by atoms with E-state index in [0.717, 1.165) is 36.4 Å². The monoisotopic (exact) mass is 582 g/mol. The number of halogens is 5. The third kappa shape index (κ3) is 6.11. The van der Waals surface area contributed by atoms with Crippen LogP contribution in [0.5, 0.6) is 5.75 Å². The van der Waals surface area contributed by atoms with Crippen molar-refractivity contribution in [3.05, 3.63) is 77.4 Å². The molecule has 14 heteroatoms. The molecule has 0 saturated carbocycles. The van der Waals surface area contributed by atoms with Crippen molar-refractivity contribution in [3.8, 4) is 5.75 Å². The minimum absolute atomic E-state index is 0.123. The molecule has 0 aromatic heterocycles. The maximum absolute atomic E-state index is 14.4. The molecular weight excluding hydrogens is 559 g/mol. The van der Waals surface area contributed by atoms with Crippen molar-refractivity contribution in [2.24, 2.45) is 0 Å². The summed E-state index contributed by atoms with van der Waals surface area (Å²) in [5, 5.41) is 0.591. The molecular formula is C27H23F5N2O7. The van der Waals surface area contributed by atoms with Crippen LogP contribution in [-0.4, -0.2) is 59.5 Å². The van der Waals surface area contributed by atoms with E-state index in [9.17, 15) is 36.3 Å². The number of piperidine rings is 1. The molecule has 2 fully saturated rings. The third-order valence-electron chi connectivity index (χ3n) is 7.06. The van der Waals surface area contributed by atoms with E-state index in [2.05, 4.69) is 0 Å². The van der Waals surface area contributed by atoms with Crippen LogP contribution in [0.15, 0.2) is 54.6 Å². The summed E-state index contributed by atoms with van der Waals surface area (Å²) >= 11 is 0. The number of hydrogen-bond acceptors (Lipinski definition) is 8. The average molecular weight is 582 g/mol. The summed E-state index contributed by atoms with van der Waals surface area (Å²) in [7, 11) is 0. The quantitative estimate of drug-likeness (QED) is 0.358. The molecule has 2 saturated heterocycles. The van der Waals surface area contributed by atoms with Crippen molar-refractivity contribution in [3.63, 3.8) is 0 Å². The third-order valence-corrected chi connectivity index (χ3v) is 7.06. The number of hydrogen-bond donors (Lipinski definition) is 0. The number of likely N-dealkylation sites (tertiary alicyclic amines) is 1. The van der Waals surface area contributed by atoms with Gasteiger partial charge in [0, 0.05) is 57.1 Å². The van der Waals surface area contributed by atoms with E-state index >= 15 is 0 Å². The van der Waals surface area contributed by atoms with Crippen LogP contribution in [0.25, 0.3) is 0 Å². The maximum Gasteiger partial charge on any atom is 0.447 e. The number of rotatable bonds is 6. The van der Waals surface area contributed by atoms with E-state index in [-0.39, 0.29) is 37.1 Å². The molecule has 0 aliphatic carbocycles. The lowest BCUT2D eigenvalue weighted by Gasteiger charge is -2.40. The van der Waals surface area contributed by atoms with Gasteiger partial charge in [0.2, 0.25) is 0 Å². The first-order valence-corrected chi connectivity index (χ1v) is 12.6. The van der Waals surface area contributed by atoms with E-state index < -0.39 is 59.3 Å². The van der Waals surface area contributed by atoms with Crippen molar-refractivity contribution in [1.82, 2.24) is 9.96 Å². The summed E-state index contributed by atoms with van der Waals surface area (Å²) in [5.41, 5.74) is -2.04. The van der Waals surface area contributed by atoms with Gasteiger partial charge in [0.15, 0.2) is 17.2 Å². The number of benzene rings is 2. The second-order valence-electron chi connectivity index (χ2n) is 9.73. The van der Waals surface area contributed by atoms with Gasteiger partial charge in [0.1, 0.15) is 11.9 Å². The number of ether oxygens (including phenoxy) is 3. The summed E-state index contributed by atoms with van der Waals surface area (Å²) in [6.07, 6.45) is -5.75. The second-order valence-corrected chi connectivity index (χ2v) is 9.73. The van der Waals surface area contributed by atoms with Crippen LogP contribution in [0.4, 0.5) is 26.7 Å². The summed E-state index contributed by atoms with van der Waals surface area (Å²) in [4.78, 5) is 43.2. The molecule has 5 rings (SSSR count). The number of fused-ring (bicyclic) bond motifs is 2. The lowest BCUT2D eigenvalue weighted by molar-refractivity contribution is -0.222. The predicted octanol–water partition coefficient (Wildman–Crippen LogP) is 4.68. The first-order chi connectivity index (χ1) is 19.4. The highest BCUT2D eigenvalue weighted by molar-refractivity contribution is 5.93. The molecule has 3 aliphatic rings. The summed E-state index contributed by atoms with van der Waals surface area (Å²) < 4.78 is 84.5. The average Bonchev–Trinajstić information content (AvgIpc) is 3.15. The van der Waals surface area contributed by atoms with Crippen molar-refractivity contribution in [2.45, 2.75) is 43.4 Å². The minimum atomic E-state index is -4.61. The first-order valence-electron chi connectivity index (χ1n) is 12.6. The Morgan fingerprint density at radius 1 is 1.00 bits per heavy atom. The Balaban J connectivity index is 1.30. The van der Waals surface area contributed by atoms with Crippen molar-refractivity contribution in [1.29, 1.82) is 0 Å². The van der Waals surface area contributed by atoms with Crippen LogP contribution in [-0.2, 0) is 30.1 Å². The van der Waals surface area contributed by atoms with Gasteiger partial charge in [-0.25, -0.2) is 23.2 Å². The topological polar surface area (TPSA) is 94.6 Å². The lowest BCUT2D eigenvalue weighted by Crippen LogP contribution is -2.54. The van der Waals surface area contributed by atoms with Gasteiger partial charge >= 0.3 is 24.2 Å². The van der Waals surface area contributed by atoms with E-state index in [0.29, 0.717) is 24.2 Å². The van der Waals surface area contributed by atoms with Crippen LogP contribution in [0.1, 0.15) is 36.5 Å². The fraction of sp³-hybridized carbons (Fsp3) is 0.370. The Labute approximate surface area is 229 Å². The van der Waals surface area contributed by atoms with Gasteiger partial charge in [0.05, 0.1) is 5.56 Å². The fourth-order valence-electron chi connectivity index (χ4n) is 4.97. The standard InChI is InChI=1S/C27H23F5N2O7/c28-18-4-5-21(19(29)15-18)38-20(16-2-1-3-17(14-16)27(30,31)32)8-11-33-12-9-26(10-13-33)24-34(25(37)40-26)41-23(36)7-6-22(35)39-24/h1-7,14-15,20,24H,8-13H2/b7-6+. The Hall–Kier alpha value is -4.20. The van der Waals surface area contributed by atoms with Gasteiger partial charge in [-0.3, -0.25) is 0 Å². The Kier molecular flexibility index (Phi) is 7.60. The summed E-state index contributed by atoms with van der Waals surface area (Å²) in [6, 6.07) is 7.13. The molecule has 218 valence electrons. The van der Waals surface area contributed by atoms with E-state index in [1.165, 1.54) is 12.1 Å². The molecule has 3 aliphatic heterocycles. The predicted molar refractivity (Wildman–Crippen MR) is 128 cm³/mol. The number of hydroxylamine groups is 2. The largest absolute Gasteiger partial charge is 0.483 e. The highest BCUT2D eigenvalue weighted by Crippen LogP contribution is 2.40. The second kappa shape index (κ2) is 11.0. The van der Waals surface area contributed by atoms with Gasteiger partial charge in [-0.1, -0.05) is 17.2 Å². The maximum atomic E-state index is 14.4.